The molecule has 0 saturated heterocycles. The molecule has 0 aliphatic rings. The van der Waals surface area contributed by atoms with Crippen molar-refractivity contribution in [1.82, 2.24) is 10.2 Å². The van der Waals surface area contributed by atoms with Crippen molar-refractivity contribution in [3.63, 3.8) is 0 Å². The first-order valence-electron chi connectivity index (χ1n) is 12.5. The maximum absolute atomic E-state index is 13.4. The van der Waals surface area contributed by atoms with E-state index < -0.39 is 16.1 Å². The summed E-state index contributed by atoms with van der Waals surface area (Å²) in [6.45, 7) is 12.1. The van der Waals surface area contributed by atoms with E-state index >= 15 is 0 Å². The van der Waals surface area contributed by atoms with Gasteiger partial charge in [0.1, 0.15) is 6.04 Å². The highest BCUT2D eigenvalue weighted by atomic mass is 32.2. The summed E-state index contributed by atoms with van der Waals surface area (Å²) in [6.07, 6.45) is 2.44. The zero-order chi connectivity index (χ0) is 27.0. The third kappa shape index (κ3) is 8.36. The van der Waals surface area contributed by atoms with Gasteiger partial charge in [0.05, 0.1) is 11.9 Å². The zero-order valence-electron chi connectivity index (χ0n) is 22.7. The third-order valence-electron chi connectivity index (χ3n) is 6.57. The monoisotopic (exact) mass is 515 g/mol. The van der Waals surface area contributed by atoms with E-state index in [1.165, 1.54) is 10.6 Å². The lowest BCUT2D eigenvalue weighted by Gasteiger charge is -2.30. The van der Waals surface area contributed by atoms with Crippen LogP contribution in [0, 0.1) is 20.8 Å². The summed E-state index contributed by atoms with van der Waals surface area (Å²) >= 11 is 0. The molecule has 2 aromatic rings. The Morgan fingerprint density at radius 3 is 2.17 bits per heavy atom. The second-order valence-electron chi connectivity index (χ2n) is 9.71. The Balaban J connectivity index is 2.18. The highest BCUT2D eigenvalue weighted by Crippen LogP contribution is 2.22. The fraction of sp³-hybridized carbons (Fsp3) is 0.500. The van der Waals surface area contributed by atoms with Crippen molar-refractivity contribution in [3.8, 4) is 0 Å². The minimum absolute atomic E-state index is 0.0116. The summed E-state index contributed by atoms with van der Waals surface area (Å²) in [7, 11) is -3.52. The highest BCUT2D eigenvalue weighted by molar-refractivity contribution is 7.92. The van der Waals surface area contributed by atoms with Gasteiger partial charge < -0.3 is 10.2 Å². The number of hydrogen-bond donors (Lipinski definition) is 1. The average molecular weight is 516 g/mol. The van der Waals surface area contributed by atoms with E-state index in [-0.39, 0.29) is 30.8 Å². The lowest BCUT2D eigenvalue weighted by atomic mass is 10.1. The first-order chi connectivity index (χ1) is 16.8. The summed E-state index contributed by atoms with van der Waals surface area (Å²) < 4.78 is 26.4. The zero-order valence-corrected chi connectivity index (χ0v) is 23.5. The van der Waals surface area contributed by atoms with Crippen LogP contribution in [-0.4, -0.2) is 50.0 Å². The minimum Gasteiger partial charge on any atom is -0.352 e. The fourth-order valence-electron chi connectivity index (χ4n) is 3.82. The topological polar surface area (TPSA) is 86.8 Å². The number of sulfonamides is 1. The molecule has 7 nitrogen and oxygen atoms in total. The van der Waals surface area contributed by atoms with Crippen LogP contribution in [0.25, 0.3) is 0 Å². The van der Waals surface area contributed by atoms with E-state index in [0.29, 0.717) is 18.7 Å². The van der Waals surface area contributed by atoms with Gasteiger partial charge >= 0.3 is 0 Å². The molecule has 0 saturated carbocycles. The smallest absolute Gasteiger partial charge is 0.242 e. The summed E-state index contributed by atoms with van der Waals surface area (Å²) in [6, 6.07) is 12.8. The van der Waals surface area contributed by atoms with Crippen molar-refractivity contribution < 1.29 is 18.0 Å². The Morgan fingerprint density at radius 1 is 0.972 bits per heavy atom. The van der Waals surface area contributed by atoms with E-state index in [0.717, 1.165) is 28.7 Å². The molecular weight excluding hydrogens is 474 g/mol. The number of hydrogen-bond acceptors (Lipinski definition) is 4. The summed E-state index contributed by atoms with van der Waals surface area (Å²) in [4.78, 5) is 27.8. The van der Waals surface area contributed by atoms with Crippen molar-refractivity contribution in [2.45, 2.75) is 79.4 Å². The molecule has 0 bridgehead atoms. The summed E-state index contributed by atoms with van der Waals surface area (Å²) in [5.74, 6) is -0.381. The molecule has 0 aliphatic carbocycles. The largest absolute Gasteiger partial charge is 0.352 e. The first kappa shape index (κ1) is 29.4. The Kier molecular flexibility index (Phi) is 10.5. The number of carbonyl (C=O) groups is 2. The van der Waals surface area contributed by atoms with Crippen molar-refractivity contribution in [2.24, 2.45) is 0 Å². The summed E-state index contributed by atoms with van der Waals surface area (Å²) in [5.41, 5.74) is 4.73. The molecule has 198 valence electrons. The highest BCUT2D eigenvalue weighted by Gasteiger charge is 2.27. The van der Waals surface area contributed by atoms with Gasteiger partial charge in [0, 0.05) is 25.6 Å². The van der Waals surface area contributed by atoms with E-state index in [1.807, 2.05) is 71.0 Å². The van der Waals surface area contributed by atoms with Crippen LogP contribution in [0.4, 0.5) is 5.69 Å². The molecule has 36 heavy (non-hydrogen) atoms. The molecule has 0 aliphatic heterocycles. The standard InChI is InChI=1S/C28H41N3O4S/c1-8-23(5)29-28(33)24(6)30(19-25-14-11-20(2)12-15-25)27(32)10-9-17-31(36(7,34)35)26-16-13-21(3)22(4)18-26/h11-16,18,23-24H,8-10,17,19H2,1-7H3,(H,29,33). The lowest BCUT2D eigenvalue weighted by Crippen LogP contribution is -2.49. The number of aryl methyl sites for hydroxylation is 3. The van der Waals surface area contributed by atoms with Gasteiger partial charge in [-0.05, 0) is 76.3 Å². The van der Waals surface area contributed by atoms with Gasteiger partial charge in [0.15, 0.2) is 0 Å². The quantitative estimate of drug-likeness (QED) is 0.451. The molecular formula is C28H41N3O4S. The van der Waals surface area contributed by atoms with Crippen molar-refractivity contribution in [2.75, 3.05) is 17.1 Å². The van der Waals surface area contributed by atoms with Crippen LogP contribution < -0.4 is 9.62 Å². The first-order valence-corrected chi connectivity index (χ1v) is 14.4. The summed E-state index contributed by atoms with van der Waals surface area (Å²) in [5, 5.41) is 2.96. The number of nitrogens with one attached hydrogen (secondary N) is 1. The maximum atomic E-state index is 13.4. The van der Waals surface area contributed by atoms with Crippen LogP contribution in [0.1, 0.15) is 62.3 Å². The molecule has 0 aromatic heterocycles. The van der Waals surface area contributed by atoms with Crippen molar-refractivity contribution in [1.29, 1.82) is 0 Å². The minimum atomic E-state index is -3.52. The van der Waals surface area contributed by atoms with E-state index in [9.17, 15) is 18.0 Å². The molecule has 0 fully saturated rings. The predicted molar refractivity (Wildman–Crippen MR) is 146 cm³/mol. The van der Waals surface area contributed by atoms with Gasteiger partial charge in [0.2, 0.25) is 21.8 Å². The second-order valence-corrected chi connectivity index (χ2v) is 11.6. The molecule has 2 atom stereocenters. The maximum Gasteiger partial charge on any atom is 0.242 e. The Labute approximate surface area is 216 Å². The number of nitrogens with zero attached hydrogens (tertiary/aromatic N) is 2. The van der Waals surface area contributed by atoms with Gasteiger partial charge in [-0.3, -0.25) is 13.9 Å². The van der Waals surface area contributed by atoms with Crippen LogP contribution in [0.5, 0.6) is 0 Å². The van der Waals surface area contributed by atoms with Crippen LogP contribution in [0.15, 0.2) is 42.5 Å². The van der Waals surface area contributed by atoms with Gasteiger partial charge in [-0.2, -0.15) is 0 Å². The van der Waals surface area contributed by atoms with Gasteiger partial charge in [0.25, 0.3) is 0 Å². The lowest BCUT2D eigenvalue weighted by molar-refractivity contribution is -0.140. The van der Waals surface area contributed by atoms with Crippen LogP contribution in [0.2, 0.25) is 0 Å². The van der Waals surface area contributed by atoms with E-state index in [4.69, 9.17) is 0 Å². The Bertz CT molecular complexity index is 1150. The average Bonchev–Trinajstić information content (AvgIpc) is 2.81. The molecule has 2 unspecified atom stereocenters. The van der Waals surface area contributed by atoms with E-state index in [2.05, 4.69) is 5.32 Å². The van der Waals surface area contributed by atoms with Crippen molar-refractivity contribution in [3.05, 3.63) is 64.7 Å². The predicted octanol–water partition coefficient (Wildman–Crippen LogP) is 4.49. The number of benzene rings is 2. The van der Waals surface area contributed by atoms with Crippen LogP contribution >= 0.6 is 0 Å². The van der Waals surface area contributed by atoms with Gasteiger partial charge in [-0.15, -0.1) is 0 Å². The number of amides is 2. The number of carbonyl (C=O) groups excluding carboxylic acids is 2. The molecule has 0 radical (unpaired) electrons. The normalized spacial score (nSPS) is 13.1. The van der Waals surface area contributed by atoms with Crippen molar-refractivity contribution >= 4 is 27.5 Å². The SMILES string of the molecule is CCC(C)NC(=O)C(C)N(Cc1ccc(C)cc1)C(=O)CCCN(c1ccc(C)c(C)c1)S(C)(=O)=O. The number of anilines is 1. The number of rotatable bonds is 12. The Morgan fingerprint density at radius 2 is 1.61 bits per heavy atom. The van der Waals surface area contributed by atoms with Gasteiger partial charge in [-0.25, -0.2) is 8.42 Å². The molecule has 2 amide bonds. The molecule has 1 N–H and O–H groups in total. The van der Waals surface area contributed by atoms with Gasteiger partial charge in [-0.1, -0.05) is 42.8 Å². The molecule has 2 aromatic carbocycles. The van der Waals surface area contributed by atoms with E-state index in [1.54, 1.807) is 17.9 Å². The molecule has 8 heteroatoms. The second kappa shape index (κ2) is 12.9. The molecule has 0 heterocycles. The third-order valence-corrected chi connectivity index (χ3v) is 7.77. The molecule has 2 rings (SSSR count). The fourth-order valence-corrected chi connectivity index (χ4v) is 4.78. The Hall–Kier alpha value is -2.87. The van der Waals surface area contributed by atoms with Crippen LogP contribution in [0.3, 0.4) is 0 Å². The molecule has 0 spiro atoms. The van der Waals surface area contributed by atoms with Crippen LogP contribution in [-0.2, 0) is 26.2 Å².